The minimum Gasteiger partial charge on any atom is -0.493 e. The fraction of sp³-hybridized carbons (Fsp3) is 0.556. The number of carboxylic acids is 2. The molecule has 0 saturated carbocycles. The van der Waals surface area contributed by atoms with E-state index >= 15 is 0 Å². The molecular weight excluding hydrogens is 740 g/mol. The van der Waals surface area contributed by atoms with Crippen LogP contribution in [0.5, 0.6) is 5.75 Å². The molecule has 1 aromatic carbocycles. The number of aryl methyl sites for hydroxylation is 2. The first kappa shape index (κ1) is 44.5. The molecule has 2 aromatic heterocycles. The highest BCUT2D eigenvalue weighted by atomic mass is 32.2. The lowest BCUT2D eigenvalue weighted by atomic mass is 10.0. The van der Waals surface area contributed by atoms with E-state index in [1.807, 2.05) is 35.9 Å². The highest BCUT2D eigenvalue weighted by Crippen LogP contribution is 2.35. The Bertz CT molecular complexity index is 1810. The van der Waals surface area contributed by atoms with Gasteiger partial charge in [-0.05, 0) is 55.5 Å². The average molecular weight is 791 g/mol. The standard InChI is InChI=1S/C30H42N6O7S.C6H8O5/c1-4-7-22-20-34(6-3)28-27(22)31-29(32-30(28)38)24-19-23(8-9-25(24)42-16-5-2)44-35-12-10-33(11-13-35)14-18-43-26(37)21-41-17-15-36(39)40;7-2-1-4(6(10)11)3-5(8)9/h8-9,19-20H,4-7,10-18,21H2,1-3H3,(H,31,32,38);2,4H,1,3H2,(H,8,9)(H,10,11). The average Bonchev–Trinajstić information content (AvgIpc) is 3.51. The SMILES string of the molecule is CCCOc1ccc(SN2CCN(CCOC(=O)COCC[N+](=O)[O-])CC2)cc1-c1nc2c(CCC)cn(CC)c2c(=O)[nH]1.O=CCC(CC(=O)O)C(=O)O. The van der Waals surface area contributed by atoms with Crippen molar-refractivity contribution in [1.82, 2.24) is 23.7 Å². The third-order valence-electron chi connectivity index (χ3n) is 8.35. The summed E-state index contributed by atoms with van der Waals surface area (Å²) in [4.78, 5) is 76.2. The maximum atomic E-state index is 13.3. The van der Waals surface area contributed by atoms with Gasteiger partial charge in [0.05, 0.1) is 30.0 Å². The molecule has 3 aromatic rings. The van der Waals surface area contributed by atoms with Crippen LogP contribution in [-0.2, 0) is 41.6 Å². The number of esters is 1. The van der Waals surface area contributed by atoms with E-state index in [-0.39, 0.29) is 38.3 Å². The van der Waals surface area contributed by atoms with Crippen LogP contribution in [0.1, 0.15) is 52.0 Å². The van der Waals surface area contributed by atoms with E-state index in [1.165, 1.54) is 0 Å². The zero-order valence-corrected chi connectivity index (χ0v) is 32.2. The van der Waals surface area contributed by atoms with Crippen LogP contribution in [0.25, 0.3) is 22.4 Å². The molecule has 1 saturated heterocycles. The molecule has 0 aliphatic carbocycles. The molecule has 0 spiro atoms. The van der Waals surface area contributed by atoms with Crippen molar-refractivity contribution in [2.75, 3.05) is 65.7 Å². The fourth-order valence-electron chi connectivity index (χ4n) is 5.61. The third kappa shape index (κ3) is 14.4. The number of nitrogens with zero attached hydrogens (tertiary/aromatic N) is 5. The van der Waals surface area contributed by atoms with Gasteiger partial charge < -0.3 is 38.8 Å². The number of aromatic nitrogens is 3. The number of fused-ring (bicyclic) bond motifs is 1. The van der Waals surface area contributed by atoms with Crippen molar-refractivity contribution in [3.63, 3.8) is 0 Å². The lowest BCUT2D eigenvalue weighted by Gasteiger charge is -2.33. The zero-order chi connectivity index (χ0) is 40.3. The molecule has 19 heteroatoms. The molecule has 1 fully saturated rings. The number of rotatable bonds is 22. The second-order valence-electron chi connectivity index (χ2n) is 12.5. The summed E-state index contributed by atoms with van der Waals surface area (Å²) in [6, 6.07) is 6.02. The zero-order valence-electron chi connectivity index (χ0n) is 31.4. The predicted octanol–water partition coefficient (Wildman–Crippen LogP) is 3.36. The summed E-state index contributed by atoms with van der Waals surface area (Å²) < 4.78 is 20.5. The van der Waals surface area contributed by atoms with Crippen molar-refractivity contribution in [3.05, 3.63) is 50.4 Å². The lowest BCUT2D eigenvalue weighted by Crippen LogP contribution is -2.44. The van der Waals surface area contributed by atoms with Gasteiger partial charge in [0.2, 0.25) is 6.54 Å². The van der Waals surface area contributed by atoms with Gasteiger partial charge in [-0.3, -0.25) is 29.4 Å². The number of H-pyrrole nitrogens is 1. The van der Waals surface area contributed by atoms with Crippen molar-refractivity contribution < 1.29 is 48.5 Å². The van der Waals surface area contributed by atoms with Crippen LogP contribution in [-0.4, -0.2) is 129 Å². The van der Waals surface area contributed by atoms with Crippen molar-refractivity contribution in [2.45, 2.75) is 64.3 Å². The number of carboxylic acid groups (broad SMARTS) is 2. The number of aromatic amines is 1. The van der Waals surface area contributed by atoms with E-state index in [9.17, 15) is 34.1 Å². The number of carbonyl (C=O) groups excluding carboxylic acids is 2. The molecule has 302 valence electrons. The molecule has 1 unspecified atom stereocenters. The Morgan fingerprint density at radius 1 is 1.09 bits per heavy atom. The van der Waals surface area contributed by atoms with E-state index in [1.54, 1.807) is 11.9 Å². The minimum absolute atomic E-state index is 0.117. The van der Waals surface area contributed by atoms with Gasteiger partial charge in [0.15, 0.2) is 0 Å². The van der Waals surface area contributed by atoms with Gasteiger partial charge in [0, 0.05) is 61.7 Å². The molecule has 0 radical (unpaired) electrons. The van der Waals surface area contributed by atoms with E-state index in [2.05, 4.69) is 28.0 Å². The second kappa shape index (κ2) is 23.2. The van der Waals surface area contributed by atoms with E-state index in [0.29, 0.717) is 43.1 Å². The molecular formula is C36H50N6O12S. The topological polar surface area (TPSA) is 237 Å². The van der Waals surface area contributed by atoms with Gasteiger partial charge in [0.1, 0.15) is 43.2 Å². The smallest absolute Gasteiger partial charge is 0.332 e. The Hall–Kier alpha value is -4.85. The van der Waals surface area contributed by atoms with Crippen molar-refractivity contribution in [3.8, 4) is 17.1 Å². The number of nitro groups is 1. The van der Waals surface area contributed by atoms with Crippen LogP contribution in [0.15, 0.2) is 34.1 Å². The molecule has 55 heavy (non-hydrogen) atoms. The number of aldehydes is 1. The summed E-state index contributed by atoms with van der Waals surface area (Å²) in [6.07, 6.45) is 4.37. The fourth-order valence-corrected chi connectivity index (χ4v) is 6.55. The molecule has 3 heterocycles. The van der Waals surface area contributed by atoms with Gasteiger partial charge in [-0.2, -0.15) is 0 Å². The van der Waals surface area contributed by atoms with Gasteiger partial charge in [0.25, 0.3) is 5.56 Å². The van der Waals surface area contributed by atoms with Gasteiger partial charge in [-0.15, -0.1) is 0 Å². The highest BCUT2D eigenvalue weighted by molar-refractivity contribution is 7.97. The molecule has 4 rings (SSSR count). The molecule has 1 atom stereocenters. The van der Waals surface area contributed by atoms with Gasteiger partial charge in [-0.25, -0.2) is 14.1 Å². The first-order valence-corrected chi connectivity index (χ1v) is 19.0. The van der Waals surface area contributed by atoms with E-state index in [0.717, 1.165) is 67.0 Å². The van der Waals surface area contributed by atoms with Crippen molar-refractivity contribution in [1.29, 1.82) is 0 Å². The van der Waals surface area contributed by atoms with Crippen molar-refractivity contribution >= 4 is 47.2 Å². The quantitative estimate of drug-likeness (QED) is 0.0330. The van der Waals surface area contributed by atoms with Crippen LogP contribution in [0.2, 0.25) is 0 Å². The highest BCUT2D eigenvalue weighted by Gasteiger charge is 2.22. The van der Waals surface area contributed by atoms with Crippen LogP contribution in [0, 0.1) is 16.0 Å². The first-order valence-electron chi connectivity index (χ1n) is 18.2. The van der Waals surface area contributed by atoms with Crippen molar-refractivity contribution in [2.24, 2.45) is 5.92 Å². The maximum absolute atomic E-state index is 13.3. The van der Waals surface area contributed by atoms with E-state index < -0.39 is 35.2 Å². The Morgan fingerprint density at radius 2 is 1.84 bits per heavy atom. The number of benzene rings is 1. The Kier molecular flexibility index (Phi) is 18.8. The number of aliphatic carboxylic acids is 2. The first-order chi connectivity index (χ1) is 26.4. The minimum atomic E-state index is -1.25. The molecule has 1 aliphatic rings. The monoisotopic (exact) mass is 790 g/mol. The van der Waals surface area contributed by atoms with Crippen LogP contribution >= 0.6 is 11.9 Å². The molecule has 0 amide bonds. The molecule has 18 nitrogen and oxygen atoms in total. The molecule has 0 bridgehead atoms. The third-order valence-corrected chi connectivity index (χ3v) is 9.44. The Morgan fingerprint density at radius 3 is 2.45 bits per heavy atom. The predicted molar refractivity (Wildman–Crippen MR) is 203 cm³/mol. The number of ether oxygens (including phenoxy) is 3. The molecule has 3 N–H and O–H groups in total. The summed E-state index contributed by atoms with van der Waals surface area (Å²) in [7, 11) is 0. The number of piperazine rings is 1. The van der Waals surface area contributed by atoms with Gasteiger partial charge >= 0.3 is 17.9 Å². The summed E-state index contributed by atoms with van der Waals surface area (Å²) in [6.45, 7) is 10.8. The largest absolute Gasteiger partial charge is 0.493 e. The number of carbonyl (C=O) groups is 4. The summed E-state index contributed by atoms with van der Waals surface area (Å²) in [5.41, 5.74) is 3.03. The summed E-state index contributed by atoms with van der Waals surface area (Å²) >= 11 is 1.65. The second-order valence-corrected chi connectivity index (χ2v) is 13.7. The molecule has 1 aliphatic heterocycles. The summed E-state index contributed by atoms with van der Waals surface area (Å²) in [5, 5.41) is 26.8. The number of hydrogen-bond acceptors (Lipinski definition) is 14. The normalized spacial score (nSPS) is 13.8. The Labute approximate surface area is 322 Å². The van der Waals surface area contributed by atoms with Crippen LogP contribution in [0.4, 0.5) is 0 Å². The summed E-state index contributed by atoms with van der Waals surface area (Å²) in [5.74, 6) is -2.88. The Balaban J connectivity index is 0.000000641. The number of nitrogens with one attached hydrogen (secondary N) is 1. The van der Waals surface area contributed by atoms with Gasteiger partial charge in [-0.1, -0.05) is 20.3 Å². The lowest BCUT2D eigenvalue weighted by molar-refractivity contribution is -0.483. The van der Waals surface area contributed by atoms with Crippen LogP contribution in [0.3, 0.4) is 0 Å². The van der Waals surface area contributed by atoms with E-state index in [4.69, 9.17) is 29.4 Å². The number of hydrogen-bond donors (Lipinski definition) is 3. The maximum Gasteiger partial charge on any atom is 0.332 e. The van der Waals surface area contributed by atoms with Crippen LogP contribution < -0.4 is 10.3 Å².